The second kappa shape index (κ2) is 8.11. The Morgan fingerprint density at radius 1 is 1.06 bits per heavy atom. The Morgan fingerprint density at radius 2 is 1.75 bits per heavy atom. The maximum Gasteiger partial charge on any atom is 0.407 e. The molecule has 3 heterocycles. The van der Waals surface area contributed by atoms with Crippen LogP contribution in [0.25, 0.3) is 11.1 Å². The van der Waals surface area contributed by atoms with Crippen LogP contribution in [0.15, 0.2) is 42.5 Å². The molecule has 5 heteroatoms. The maximum absolute atomic E-state index is 12.9. The van der Waals surface area contributed by atoms with Gasteiger partial charge in [-0.25, -0.2) is 4.79 Å². The Hall–Kier alpha value is -2.53. The van der Waals surface area contributed by atoms with E-state index in [4.69, 9.17) is 4.74 Å². The molecule has 1 N–H and O–H groups in total. The van der Waals surface area contributed by atoms with Crippen LogP contribution in [-0.2, 0) is 11.2 Å². The van der Waals surface area contributed by atoms with Gasteiger partial charge in [-0.05, 0) is 78.1 Å². The number of alkyl carbamates (subject to hydrolysis) is 1. The van der Waals surface area contributed by atoms with Crippen LogP contribution in [0, 0.1) is 11.3 Å². The number of ether oxygens (including phenoxy) is 1. The summed E-state index contributed by atoms with van der Waals surface area (Å²) in [6, 6.07) is 15.3. The van der Waals surface area contributed by atoms with E-state index in [2.05, 4.69) is 85.5 Å². The van der Waals surface area contributed by atoms with Crippen molar-refractivity contribution in [2.24, 2.45) is 11.3 Å². The number of amides is 1. The fraction of sp³-hybridized carbons (Fsp3) is 0.519. The Bertz CT molecular complexity index is 990. The molecule has 0 radical (unpaired) electrons. The van der Waals surface area contributed by atoms with Crippen molar-refractivity contribution in [3.8, 4) is 11.1 Å². The highest BCUT2D eigenvalue weighted by molar-refractivity contribution is 5.71. The van der Waals surface area contributed by atoms with E-state index in [-0.39, 0.29) is 23.7 Å². The summed E-state index contributed by atoms with van der Waals surface area (Å²) in [5.41, 5.74) is 6.12. The molecule has 5 nitrogen and oxygen atoms in total. The van der Waals surface area contributed by atoms with Gasteiger partial charge in [0, 0.05) is 26.3 Å². The lowest BCUT2D eigenvalue weighted by Gasteiger charge is -2.44. The standard InChI is InChI=1S/C27H35N3O2/c1-27(2)16-21-15-20(18-5-8-22(9-6-18)29(3)4)7-10-23(21)25(27)28-26(31)32-24-17-30-13-11-19(24)12-14-30/h5-10,15,19,24-25H,11-14,16-17H2,1-4H3,(H,28,31)/t24-,25?/m0/s1. The molecular weight excluding hydrogens is 398 g/mol. The molecule has 0 spiro atoms. The molecule has 3 saturated heterocycles. The summed E-state index contributed by atoms with van der Waals surface area (Å²) in [4.78, 5) is 17.4. The molecule has 2 aromatic carbocycles. The molecule has 2 aromatic rings. The van der Waals surface area contributed by atoms with Crippen LogP contribution in [0.2, 0.25) is 0 Å². The first-order valence-electron chi connectivity index (χ1n) is 11.9. The smallest absolute Gasteiger partial charge is 0.407 e. The van der Waals surface area contributed by atoms with Gasteiger partial charge in [0.2, 0.25) is 0 Å². The predicted octanol–water partition coefficient (Wildman–Crippen LogP) is 4.86. The molecule has 1 aliphatic carbocycles. The van der Waals surface area contributed by atoms with Gasteiger partial charge >= 0.3 is 6.09 Å². The molecule has 32 heavy (non-hydrogen) atoms. The fourth-order valence-corrected chi connectivity index (χ4v) is 5.79. The minimum Gasteiger partial charge on any atom is -0.445 e. The number of piperidine rings is 3. The largest absolute Gasteiger partial charge is 0.445 e. The van der Waals surface area contributed by atoms with Gasteiger partial charge in [0.1, 0.15) is 6.10 Å². The lowest BCUT2D eigenvalue weighted by Crippen LogP contribution is -2.53. The molecule has 4 aliphatic rings. The Balaban J connectivity index is 1.31. The third-order valence-corrected chi connectivity index (χ3v) is 7.72. The topological polar surface area (TPSA) is 44.8 Å². The number of nitrogens with one attached hydrogen (secondary N) is 1. The van der Waals surface area contributed by atoms with Crippen LogP contribution in [0.4, 0.5) is 10.5 Å². The zero-order valence-corrected chi connectivity index (χ0v) is 19.7. The minimum absolute atomic E-state index is 0.0312. The zero-order chi connectivity index (χ0) is 22.5. The van der Waals surface area contributed by atoms with Crippen LogP contribution in [0.3, 0.4) is 0 Å². The number of hydrogen-bond acceptors (Lipinski definition) is 4. The van der Waals surface area contributed by atoms with E-state index in [0.29, 0.717) is 5.92 Å². The molecule has 1 unspecified atom stereocenters. The summed E-state index contributed by atoms with van der Waals surface area (Å²) < 4.78 is 5.92. The van der Waals surface area contributed by atoms with Gasteiger partial charge in [-0.2, -0.15) is 0 Å². The highest BCUT2D eigenvalue weighted by Crippen LogP contribution is 2.46. The van der Waals surface area contributed by atoms with Crippen LogP contribution < -0.4 is 10.2 Å². The normalized spacial score (nSPS) is 27.6. The Kier molecular flexibility index (Phi) is 5.40. The van der Waals surface area contributed by atoms with Crippen molar-refractivity contribution in [2.45, 2.75) is 45.3 Å². The van der Waals surface area contributed by atoms with E-state index >= 15 is 0 Å². The van der Waals surface area contributed by atoms with Gasteiger partial charge in [0.15, 0.2) is 0 Å². The minimum atomic E-state index is -0.266. The van der Waals surface area contributed by atoms with E-state index in [9.17, 15) is 4.79 Å². The van der Waals surface area contributed by atoms with Crippen molar-refractivity contribution in [1.82, 2.24) is 10.2 Å². The number of benzene rings is 2. The summed E-state index contributed by atoms with van der Waals surface area (Å²) in [6.45, 7) is 7.65. The van der Waals surface area contributed by atoms with E-state index in [1.165, 1.54) is 27.9 Å². The molecule has 3 aliphatic heterocycles. The van der Waals surface area contributed by atoms with E-state index < -0.39 is 0 Å². The molecule has 2 atom stereocenters. The number of carbonyl (C=O) groups excluding carboxylic acids is 1. The highest BCUT2D eigenvalue weighted by atomic mass is 16.6. The molecule has 6 rings (SSSR count). The van der Waals surface area contributed by atoms with Crippen molar-refractivity contribution < 1.29 is 9.53 Å². The predicted molar refractivity (Wildman–Crippen MR) is 129 cm³/mol. The summed E-state index contributed by atoms with van der Waals surface area (Å²) in [5.74, 6) is 0.524. The summed E-state index contributed by atoms with van der Waals surface area (Å²) in [7, 11) is 4.11. The van der Waals surface area contributed by atoms with Gasteiger partial charge in [0.05, 0.1) is 6.04 Å². The molecular formula is C27H35N3O2. The SMILES string of the molecule is CN(C)c1ccc(-c2ccc3c(c2)CC(C)(C)C3NC(=O)O[C@H]2CN3CCC2CC3)cc1. The first kappa shape index (κ1) is 21.3. The Labute approximate surface area is 191 Å². The third kappa shape index (κ3) is 3.99. The van der Waals surface area contributed by atoms with Gasteiger partial charge in [0.25, 0.3) is 0 Å². The number of anilines is 1. The fourth-order valence-electron chi connectivity index (χ4n) is 5.79. The number of rotatable bonds is 4. The Morgan fingerprint density at radius 3 is 2.38 bits per heavy atom. The van der Waals surface area contributed by atoms with Crippen molar-refractivity contribution in [1.29, 1.82) is 0 Å². The maximum atomic E-state index is 12.9. The first-order valence-corrected chi connectivity index (χ1v) is 11.9. The average molecular weight is 434 g/mol. The molecule has 0 saturated carbocycles. The van der Waals surface area contributed by atoms with Crippen LogP contribution in [-0.4, -0.2) is 50.8 Å². The molecule has 0 aromatic heterocycles. The van der Waals surface area contributed by atoms with Crippen molar-refractivity contribution in [2.75, 3.05) is 38.6 Å². The van der Waals surface area contributed by atoms with Crippen molar-refractivity contribution >= 4 is 11.8 Å². The van der Waals surface area contributed by atoms with E-state index in [1.807, 2.05) is 0 Å². The zero-order valence-electron chi connectivity index (χ0n) is 19.7. The number of fused-ring (bicyclic) bond motifs is 4. The van der Waals surface area contributed by atoms with Crippen LogP contribution in [0.1, 0.15) is 43.9 Å². The first-order chi connectivity index (χ1) is 15.3. The van der Waals surface area contributed by atoms with Crippen molar-refractivity contribution in [3.05, 3.63) is 53.6 Å². The highest BCUT2D eigenvalue weighted by Gasteiger charge is 2.42. The lowest BCUT2D eigenvalue weighted by molar-refractivity contribution is -0.0348. The van der Waals surface area contributed by atoms with E-state index in [0.717, 1.165) is 38.9 Å². The quantitative estimate of drug-likeness (QED) is 0.748. The van der Waals surface area contributed by atoms with Gasteiger partial charge < -0.3 is 15.0 Å². The van der Waals surface area contributed by atoms with Crippen LogP contribution in [0.5, 0.6) is 0 Å². The molecule has 1 amide bonds. The summed E-state index contributed by atoms with van der Waals surface area (Å²) in [6.07, 6.45) is 3.01. The summed E-state index contributed by atoms with van der Waals surface area (Å²) in [5, 5.41) is 3.23. The molecule has 170 valence electrons. The molecule has 3 fully saturated rings. The van der Waals surface area contributed by atoms with Crippen LogP contribution >= 0.6 is 0 Å². The second-order valence-electron chi connectivity index (χ2n) is 10.7. The van der Waals surface area contributed by atoms with Gasteiger partial charge in [-0.15, -0.1) is 0 Å². The van der Waals surface area contributed by atoms with Gasteiger partial charge in [-0.1, -0.05) is 44.2 Å². The molecule has 2 bridgehead atoms. The lowest BCUT2D eigenvalue weighted by atomic mass is 9.85. The number of hydrogen-bond donors (Lipinski definition) is 1. The monoisotopic (exact) mass is 433 g/mol. The van der Waals surface area contributed by atoms with E-state index in [1.54, 1.807) is 0 Å². The average Bonchev–Trinajstić information content (AvgIpc) is 3.03. The van der Waals surface area contributed by atoms with Crippen molar-refractivity contribution in [3.63, 3.8) is 0 Å². The third-order valence-electron chi connectivity index (χ3n) is 7.72. The van der Waals surface area contributed by atoms with Gasteiger partial charge in [-0.3, -0.25) is 4.90 Å². The number of nitrogens with zero attached hydrogens (tertiary/aromatic N) is 2. The summed E-state index contributed by atoms with van der Waals surface area (Å²) >= 11 is 0. The second-order valence-corrected chi connectivity index (χ2v) is 10.7. The number of carbonyl (C=O) groups is 1.